The van der Waals surface area contributed by atoms with Crippen LogP contribution in [0.25, 0.3) is 0 Å². The average Bonchev–Trinajstić information content (AvgIpc) is 1.04. The maximum Gasteiger partial charge on any atom is 0.409 e. The van der Waals surface area contributed by atoms with E-state index in [1.54, 1.807) is 20.8 Å². The molecule has 4 aliphatic rings. The number of hydrogen-bond donors (Lipinski definition) is 11. The zero-order valence-electron chi connectivity index (χ0n) is 52.1. The number of ether oxygens (including phenoxy) is 1. The molecular formula is C62H83Cl4F4N15O9. The number of carbonyl (C=O) groups excluding carboxylic acids is 8. The van der Waals surface area contributed by atoms with Gasteiger partial charge in [-0.15, -0.1) is 0 Å². The van der Waals surface area contributed by atoms with Crippen molar-refractivity contribution in [2.75, 3.05) is 120 Å². The molecule has 4 fully saturated rings. The molecule has 94 heavy (non-hydrogen) atoms. The summed E-state index contributed by atoms with van der Waals surface area (Å²) in [5, 5.41) is 18.9. The molecular weight excluding hydrogens is 1320 g/mol. The first-order valence-electron chi connectivity index (χ1n) is 30.8. The minimum atomic E-state index is -0.601. The van der Waals surface area contributed by atoms with Crippen molar-refractivity contribution in [3.63, 3.8) is 0 Å². The second kappa shape index (κ2) is 40.1. The van der Waals surface area contributed by atoms with Gasteiger partial charge in [-0.1, -0.05) is 53.3 Å². The van der Waals surface area contributed by atoms with E-state index in [1.165, 1.54) is 59.5 Å². The minimum Gasteiger partial charge on any atom is -0.448 e. The molecule has 11 amide bonds. The monoisotopic (exact) mass is 1400 g/mol. The van der Waals surface area contributed by atoms with Crippen molar-refractivity contribution in [1.82, 2.24) is 35.6 Å². The second-order valence-corrected chi connectivity index (χ2v) is 24.1. The summed E-state index contributed by atoms with van der Waals surface area (Å²) in [5.41, 5.74) is 23.4. The normalized spacial score (nSPS) is 18.4. The molecule has 4 aromatic rings. The van der Waals surface area contributed by atoms with Crippen molar-refractivity contribution in [1.29, 1.82) is 0 Å². The Morgan fingerprint density at radius 3 is 1.19 bits per heavy atom. The Balaban J connectivity index is 0.000000227. The smallest absolute Gasteiger partial charge is 0.409 e. The number of likely N-dealkylation sites (tertiary alicyclic amines) is 4. The largest absolute Gasteiger partial charge is 0.448 e. The number of nitrogens with zero attached hydrogens (tertiary/aromatic N) is 4. The number of piperidine rings is 4. The summed E-state index contributed by atoms with van der Waals surface area (Å²) in [6.45, 7) is 8.15. The lowest BCUT2D eigenvalue weighted by Crippen LogP contribution is -2.54. The molecule has 15 N–H and O–H groups in total. The number of nitrogens with two attached hydrogens (primary N) is 4. The first-order valence-corrected chi connectivity index (χ1v) is 32.3. The third-order valence-electron chi connectivity index (χ3n) is 15.0. The van der Waals surface area contributed by atoms with E-state index >= 15 is 0 Å². The van der Waals surface area contributed by atoms with E-state index in [9.17, 15) is 55.9 Å². The number of halogens is 8. The van der Waals surface area contributed by atoms with Crippen molar-refractivity contribution >= 4 is 117 Å². The minimum absolute atomic E-state index is 0.00316. The number of hydrogen-bond acceptors (Lipinski definition) is 13. The fourth-order valence-corrected chi connectivity index (χ4v) is 10.6. The van der Waals surface area contributed by atoms with Gasteiger partial charge in [0.15, 0.2) is 0 Å². The van der Waals surface area contributed by atoms with Crippen LogP contribution in [0.3, 0.4) is 0 Å². The molecule has 4 aliphatic heterocycles. The van der Waals surface area contributed by atoms with Crippen molar-refractivity contribution < 1.29 is 60.7 Å². The van der Waals surface area contributed by atoms with E-state index in [4.69, 9.17) is 74.1 Å². The van der Waals surface area contributed by atoms with Crippen molar-refractivity contribution in [3.8, 4) is 0 Å². The quantitative estimate of drug-likeness (QED) is 0.0350. The van der Waals surface area contributed by atoms with Gasteiger partial charge in [0, 0.05) is 114 Å². The highest BCUT2D eigenvalue weighted by Gasteiger charge is 2.34. The fourth-order valence-electron chi connectivity index (χ4n) is 10.2. The number of urea groups is 3. The van der Waals surface area contributed by atoms with Gasteiger partial charge in [0.1, 0.15) is 29.9 Å². The number of benzene rings is 4. The standard InChI is InChI=1S/2C16H22ClFN4O2.C15H20ClFN4O2.C15H19ClFN3O3/c17-13-5-4-12(9-14(13)18)21-15(23)11-3-1-8-22(10-11)16(24)20-7-2-6-19;1-2-5-20-16(24)22-8-10(6-11(19)9-22)15(23)21-12-3-4-13(17)14(18)7-12;16-12-4-3-11(8-13(12)17)20-14(22)10-2-1-7-21(9-10)15(23)19-6-5-18;16-12-4-3-11(8-13(12)17)19-14(21)10-2-1-6-20(9-10)15(22)23-7-5-18/h4-5,9,11H,1-3,6-8,10,19H2,(H,20,24)(H,21,23);3-4,7,10-11H,2,5-6,8-9,19H2,1H3,(H,20,24)(H,21,23);3-4,8,10H,1-2,5-7,9,18H2,(H,19,23)(H,20,22);3-4,8,10H,1-2,5-7,9,18H2,(H,19,21)/t11-;10-,11+;2*10-/m0000/s1. The molecule has 4 saturated heterocycles. The Labute approximate surface area is 563 Å². The van der Waals surface area contributed by atoms with Crippen LogP contribution in [-0.4, -0.2) is 172 Å². The number of anilines is 4. The van der Waals surface area contributed by atoms with E-state index in [1.807, 2.05) is 6.92 Å². The van der Waals surface area contributed by atoms with Gasteiger partial charge in [0.05, 0.1) is 43.8 Å². The molecule has 0 spiro atoms. The topological polar surface area (TPSA) is 347 Å². The van der Waals surface area contributed by atoms with E-state index in [-0.39, 0.29) is 112 Å². The first kappa shape index (κ1) is 77.3. The van der Waals surface area contributed by atoms with Gasteiger partial charge in [-0.25, -0.2) is 36.7 Å². The SMILES string of the molecule is CCCNC(=O)N1C[C@H](N)C[C@H](C(=O)Nc2ccc(Cl)c(F)c2)C1.NCCCNC(=O)N1CCC[C@H](C(=O)Nc2ccc(Cl)c(F)c2)C1.NCCNC(=O)N1CCC[C@H](C(=O)Nc2ccc(Cl)c(F)c2)C1.NCCOC(=O)N1CCC[C@H](C(=O)Nc2ccc(Cl)c(F)c2)C1. The lowest BCUT2D eigenvalue weighted by Gasteiger charge is -2.35. The summed E-state index contributed by atoms with van der Waals surface area (Å²) in [6.07, 6.45) is 5.76. The third kappa shape index (κ3) is 25.7. The van der Waals surface area contributed by atoms with Gasteiger partial charge >= 0.3 is 24.2 Å². The van der Waals surface area contributed by atoms with Crippen LogP contribution in [0.1, 0.15) is 64.7 Å². The molecule has 0 saturated carbocycles. The predicted octanol–water partition coefficient (Wildman–Crippen LogP) is 8.40. The van der Waals surface area contributed by atoms with Crippen molar-refractivity contribution in [2.45, 2.75) is 70.8 Å². The molecule has 32 heteroatoms. The van der Waals surface area contributed by atoms with Gasteiger partial charge < -0.3 is 84.5 Å². The second-order valence-electron chi connectivity index (χ2n) is 22.5. The van der Waals surface area contributed by atoms with Crippen LogP contribution < -0.4 is 60.2 Å². The molecule has 516 valence electrons. The van der Waals surface area contributed by atoms with Crippen LogP contribution in [-0.2, 0) is 23.9 Å². The molecule has 0 aromatic heterocycles. The fraction of sp³-hybridized carbons (Fsp3) is 0.484. The first-order chi connectivity index (χ1) is 44.9. The lowest BCUT2D eigenvalue weighted by atomic mass is 9.94. The van der Waals surface area contributed by atoms with E-state index in [0.717, 1.165) is 31.4 Å². The molecule has 0 bridgehead atoms. The zero-order chi connectivity index (χ0) is 68.9. The van der Waals surface area contributed by atoms with Crippen LogP contribution in [0.15, 0.2) is 72.8 Å². The van der Waals surface area contributed by atoms with Crippen molar-refractivity contribution in [2.24, 2.45) is 46.6 Å². The van der Waals surface area contributed by atoms with Crippen LogP contribution in [0.2, 0.25) is 20.1 Å². The molecule has 0 radical (unpaired) electrons. The summed E-state index contributed by atoms with van der Waals surface area (Å²) in [5.74, 6) is -4.84. The molecule has 4 heterocycles. The molecule has 8 rings (SSSR count). The highest BCUT2D eigenvalue weighted by molar-refractivity contribution is 6.31. The Bertz CT molecular complexity index is 3110. The zero-order valence-corrected chi connectivity index (χ0v) is 55.1. The Morgan fingerprint density at radius 2 is 0.819 bits per heavy atom. The van der Waals surface area contributed by atoms with Crippen LogP contribution in [0, 0.1) is 46.9 Å². The van der Waals surface area contributed by atoms with Crippen molar-refractivity contribution in [3.05, 3.63) is 116 Å². The lowest BCUT2D eigenvalue weighted by molar-refractivity contribution is -0.122. The number of amides is 11. The van der Waals surface area contributed by atoms with Gasteiger partial charge in [-0.05, 0) is 137 Å². The highest BCUT2D eigenvalue weighted by atomic mass is 35.5. The maximum absolute atomic E-state index is 13.5. The Kier molecular flexibility index (Phi) is 32.9. The van der Waals surface area contributed by atoms with Gasteiger partial charge in [-0.3, -0.25) is 19.2 Å². The predicted molar refractivity (Wildman–Crippen MR) is 354 cm³/mol. The highest BCUT2D eigenvalue weighted by Crippen LogP contribution is 2.27. The van der Waals surface area contributed by atoms with Gasteiger partial charge in [0.25, 0.3) is 0 Å². The van der Waals surface area contributed by atoms with E-state index < -0.39 is 35.3 Å². The summed E-state index contributed by atoms with van der Waals surface area (Å²) in [4.78, 5) is 104. The van der Waals surface area contributed by atoms with E-state index in [0.29, 0.717) is 133 Å². The van der Waals surface area contributed by atoms with Crippen LogP contribution >= 0.6 is 46.4 Å². The molecule has 0 aliphatic carbocycles. The molecule has 24 nitrogen and oxygen atoms in total. The van der Waals surface area contributed by atoms with Gasteiger partial charge in [0.2, 0.25) is 23.6 Å². The summed E-state index contributed by atoms with van der Waals surface area (Å²) in [7, 11) is 0. The average molecular weight is 1400 g/mol. The summed E-state index contributed by atoms with van der Waals surface area (Å²) in [6, 6.07) is 15.5. The molecule has 4 aromatic carbocycles. The van der Waals surface area contributed by atoms with Crippen LogP contribution in [0.4, 0.5) is 59.5 Å². The van der Waals surface area contributed by atoms with E-state index in [2.05, 4.69) is 37.2 Å². The Hall–Kier alpha value is -7.44. The van der Waals surface area contributed by atoms with Gasteiger partial charge in [-0.2, -0.15) is 0 Å². The number of rotatable bonds is 17. The number of nitrogens with one attached hydrogen (secondary N) is 7. The Morgan fingerprint density at radius 1 is 0.468 bits per heavy atom. The summed E-state index contributed by atoms with van der Waals surface area (Å²) < 4.78 is 58.7. The third-order valence-corrected chi connectivity index (χ3v) is 16.3. The number of carbonyl (C=O) groups is 8. The summed E-state index contributed by atoms with van der Waals surface area (Å²) >= 11 is 22.5. The molecule has 0 unspecified atom stereocenters. The molecule has 5 atom stereocenters. The maximum atomic E-state index is 13.5. The van der Waals surface area contributed by atoms with Crippen LogP contribution in [0.5, 0.6) is 0 Å².